The fourth-order valence-electron chi connectivity index (χ4n) is 1.35. The van der Waals surface area contributed by atoms with Crippen LogP contribution in [0.1, 0.15) is 16.7 Å². The van der Waals surface area contributed by atoms with Crippen LogP contribution in [0.3, 0.4) is 0 Å². The molecular formula is C8H9ClN2OS. The summed E-state index contributed by atoms with van der Waals surface area (Å²) in [4.78, 5) is 17.3. The Balaban J connectivity index is 2.06. The summed E-state index contributed by atoms with van der Waals surface area (Å²) in [6.45, 7) is 3.81. The van der Waals surface area contributed by atoms with E-state index in [9.17, 15) is 4.79 Å². The monoisotopic (exact) mass is 216 g/mol. The lowest BCUT2D eigenvalue weighted by Gasteiger charge is -2.36. The molecule has 0 aromatic carbocycles. The Morgan fingerprint density at radius 3 is 2.92 bits per heavy atom. The predicted octanol–water partition coefficient (Wildman–Crippen LogP) is 1.89. The summed E-state index contributed by atoms with van der Waals surface area (Å²) in [5, 5.41) is 0.497. The van der Waals surface area contributed by atoms with Crippen LogP contribution < -0.4 is 0 Å². The third-order valence-electron chi connectivity index (χ3n) is 2.01. The number of amides is 1. The van der Waals surface area contributed by atoms with Crippen molar-refractivity contribution in [1.29, 1.82) is 0 Å². The third kappa shape index (κ3) is 1.69. The van der Waals surface area contributed by atoms with E-state index in [2.05, 4.69) is 11.9 Å². The van der Waals surface area contributed by atoms with Crippen LogP contribution in [0.2, 0.25) is 4.34 Å². The van der Waals surface area contributed by atoms with Crippen LogP contribution in [0.5, 0.6) is 0 Å². The maximum Gasteiger partial charge on any atom is 0.282 e. The summed E-state index contributed by atoms with van der Waals surface area (Å²) in [6.07, 6.45) is 1.52. The van der Waals surface area contributed by atoms with Crippen LogP contribution in [0, 0.1) is 5.92 Å². The zero-order valence-electron chi connectivity index (χ0n) is 7.16. The average molecular weight is 217 g/mol. The summed E-state index contributed by atoms with van der Waals surface area (Å²) in [5.41, 5.74) is 0. The quantitative estimate of drug-likeness (QED) is 0.718. The van der Waals surface area contributed by atoms with E-state index < -0.39 is 0 Å². The minimum atomic E-state index is 0.00926. The lowest BCUT2D eigenvalue weighted by Crippen LogP contribution is -2.48. The molecule has 13 heavy (non-hydrogen) atoms. The second-order valence-electron chi connectivity index (χ2n) is 3.28. The predicted molar refractivity (Wildman–Crippen MR) is 52.2 cm³/mol. The molecule has 1 aliphatic rings. The van der Waals surface area contributed by atoms with Crippen molar-refractivity contribution in [2.24, 2.45) is 5.92 Å². The van der Waals surface area contributed by atoms with Gasteiger partial charge in [-0.25, -0.2) is 4.98 Å². The Hall–Kier alpha value is -0.610. The molecule has 1 saturated heterocycles. The van der Waals surface area contributed by atoms with Crippen LogP contribution in [0.25, 0.3) is 0 Å². The molecule has 0 unspecified atom stereocenters. The van der Waals surface area contributed by atoms with Crippen molar-refractivity contribution in [3.8, 4) is 0 Å². The van der Waals surface area contributed by atoms with E-state index in [0.717, 1.165) is 13.1 Å². The van der Waals surface area contributed by atoms with Crippen molar-refractivity contribution in [3.05, 3.63) is 15.5 Å². The largest absolute Gasteiger partial charge is 0.336 e. The zero-order valence-corrected chi connectivity index (χ0v) is 8.73. The molecule has 0 atom stereocenters. The van der Waals surface area contributed by atoms with E-state index in [4.69, 9.17) is 11.6 Å². The maximum absolute atomic E-state index is 11.6. The Bertz CT molecular complexity index is 333. The first-order chi connectivity index (χ1) is 6.16. The highest BCUT2D eigenvalue weighted by atomic mass is 35.5. The average Bonchev–Trinajstić information content (AvgIpc) is 2.45. The molecule has 0 spiro atoms. The second kappa shape index (κ2) is 3.27. The Morgan fingerprint density at radius 2 is 2.46 bits per heavy atom. The van der Waals surface area contributed by atoms with Gasteiger partial charge in [-0.1, -0.05) is 29.9 Å². The Morgan fingerprint density at radius 1 is 1.77 bits per heavy atom. The molecule has 1 aromatic rings. The first kappa shape index (κ1) is 8.97. The molecule has 5 heteroatoms. The fraction of sp³-hybridized carbons (Fsp3) is 0.500. The minimum absolute atomic E-state index is 0.00926. The normalized spacial score (nSPS) is 17.2. The van der Waals surface area contributed by atoms with Gasteiger partial charge >= 0.3 is 0 Å². The lowest BCUT2D eigenvalue weighted by molar-refractivity contribution is 0.0530. The number of likely N-dealkylation sites (tertiary alicyclic amines) is 1. The first-order valence-corrected chi connectivity index (χ1v) is 5.27. The van der Waals surface area contributed by atoms with Crippen molar-refractivity contribution in [2.75, 3.05) is 13.1 Å². The van der Waals surface area contributed by atoms with E-state index in [-0.39, 0.29) is 5.91 Å². The fourth-order valence-corrected chi connectivity index (χ4v) is 2.23. The van der Waals surface area contributed by atoms with Crippen molar-refractivity contribution in [3.63, 3.8) is 0 Å². The summed E-state index contributed by atoms with van der Waals surface area (Å²) < 4.78 is 0.567. The van der Waals surface area contributed by atoms with Crippen LogP contribution in [0.4, 0.5) is 0 Å². The molecule has 70 valence electrons. The van der Waals surface area contributed by atoms with Gasteiger partial charge in [0.05, 0.1) is 6.20 Å². The summed E-state index contributed by atoms with van der Waals surface area (Å²) >= 11 is 6.92. The molecule has 0 aliphatic carbocycles. The number of hydrogen-bond acceptors (Lipinski definition) is 3. The van der Waals surface area contributed by atoms with E-state index in [1.54, 1.807) is 4.90 Å². The van der Waals surface area contributed by atoms with Crippen molar-refractivity contribution >= 4 is 28.8 Å². The molecule has 1 amide bonds. The molecule has 2 rings (SSSR count). The Kier molecular flexibility index (Phi) is 2.26. The van der Waals surface area contributed by atoms with Gasteiger partial charge in [-0.15, -0.1) is 0 Å². The molecule has 0 radical (unpaired) electrons. The van der Waals surface area contributed by atoms with Gasteiger partial charge in [0.2, 0.25) is 0 Å². The van der Waals surface area contributed by atoms with Gasteiger partial charge in [-0.2, -0.15) is 0 Å². The highest BCUT2D eigenvalue weighted by Crippen LogP contribution is 2.23. The van der Waals surface area contributed by atoms with Crippen LogP contribution in [-0.2, 0) is 0 Å². The van der Waals surface area contributed by atoms with E-state index in [1.165, 1.54) is 17.5 Å². The molecule has 0 N–H and O–H groups in total. The number of thiazole rings is 1. The van der Waals surface area contributed by atoms with Gasteiger partial charge in [0.1, 0.15) is 4.34 Å². The third-order valence-corrected chi connectivity index (χ3v) is 3.11. The number of hydrogen-bond donors (Lipinski definition) is 0. The van der Waals surface area contributed by atoms with Gasteiger partial charge < -0.3 is 4.90 Å². The van der Waals surface area contributed by atoms with Crippen molar-refractivity contribution < 1.29 is 4.79 Å². The van der Waals surface area contributed by atoms with Gasteiger partial charge in [-0.3, -0.25) is 4.79 Å². The number of carbonyl (C=O) groups is 1. The van der Waals surface area contributed by atoms with Crippen LogP contribution >= 0.6 is 22.9 Å². The standard InChI is InChI=1S/C8H9ClN2OS/c1-5-3-11(4-5)8(12)7-10-2-6(9)13-7/h2,5H,3-4H2,1H3. The van der Waals surface area contributed by atoms with E-state index >= 15 is 0 Å². The van der Waals surface area contributed by atoms with E-state index in [0.29, 0.717) is 15.3 Å². The SMILES string of the molecule is CC1CN(C(=O)c2ncc(Cl)s2)C1. The lowest BCUT2D eigenvalue weighted by atomic mass is 10.0. The van der Waals surface area contributed by atoms with Crippen molar-refractivity contribution in [2.45, 2.75) is 6.92 Å². The molecule has 1 fully saturated rings. The number of carbonyl (C=O) groups excluding carboxylic acids is 1. The number of rotatable bonds is 1. The van der Waals surface area contributed by atoms with Gasteiger partial charge in [0.25, 0.3) is 5.91 Å². The van der Waals surface area contributed by atoms with Crippen LogP contribution in [0.15, 0.2) is 6.20 Å². The number of aromatic nitrogens is 1. The summed E-state index contributed by atoms with van der Waals surface area (Å²) in [5.74, 6) is 0.634. The molecule has 0 saturated carbocycles. The van der Waals surface area contributed by atoms with E-state index in [1.807, 2.05) is 0 Å². The maximum atomic E-state index is 11.6. The number of nitrogens with zero attached hydrogens (tertiary/aromatic N) is 2. The van der Waals surface area contributed by atoms with Crippen LogP contribution in [-0.4, -0.2) is 28.9 Å². The second-order valence-corrected chi connectivity index (χ2v) is 4.95. The molecule has 3 nitrogen and oxygen atoms in total. The van der Waals surface area contributed by atoms with Crippen molar-refractivity contribution in [1.82, 2.24) is 9.88 Å². The first-order valence-electron chi connectivity index (χ1n) is 4.07. The van der Waals surface area contributed by atoms with Gasteiger partial charge in [-0.05, 0) is 5.92 Å². The smallest absolute Gasteiger partial charge is 0.282 e. The molecular weight excluding hydrogens is 208 g/mol. The Labute approximate surface area is 85.3 Å². The molecule has 1 aliphatic heterocycles. The molecule has 1 aromatic heterocycles. The minimum Gasteiger partial charge on any atom is -0.336 e. The topological polar surface area (TPSA) is 33.2 Å². The zero-order chi connectivity index (χ0) is 9.42. The highest BCUT2D eigenvalue weighted by Gasteiger charge is 2.29. The molecule has 0 bridgehead atoms. The van der Waals surface area contributed by atoms with Gasteiger partial charge in [0, 0.05) is 13.1 Å². The number of halogens is 1. The van der Waals surface area contributed by atoms with Gasteiger partial charge in [0.15, 0.2) is 5.01 Å². The molecule has 2 heterocycles. The highest BCUT2D eigenvalue weighted by molar-refractivity contribution is 7.17. The summed E-state index contributed by atoms with van der Waals surface area (Å²) in [7, 11) is 0. The summed E-state index contributed by atoms with van der Waals surface area (Å²) in [6, 6.07) is 0.